The summed E-state index contributed by atoms with van der Waals surface area (Å²) in [6, 6.07) is 11.2. The van der Waals surface area contributed by atoms with Crippen molar-refractivity contribution in [3.8, 4) is 5.75 Å². The van der Waals surface area contributed by atoms with Crippen molar-refractivity contribution in [2.45, 2.75) is 11.8 Å². The van der Waals surface area contributed by atoms with Gasteiger partial charge in [0, 0.05) is 5.02 Å². The zero-order valence-corrected chi connectivity index (χ0v) is 12.6. The van der Waals surface area contributed by atoms with Crippen LogP contribution in [0.25, 0.3) is 0 Å². The molecular weight excluding hydrogens is 298 g/mol. The van der Waals surface area contributed by atoms with Crippen molar-refractivity contribution >= 4 is 27.3 Å². The minimum absolute atomic E-state index is 0.165. The number of rotatable bonds is 4. The van der Waals surface area contributed by atoms with E-state index in [1.807, 2.05) is 0 Å². The summed E-state index contributed by atoms with van der Waals surface area (Å²) >= 11 is 5.98. The van der Waals surface area contributed by atoms with Gasteiger partial charge in [0.15, 0.2) is 0 Å². The van der Waals surface area contributed by atoms with Crippen LogP contribution >= 0.6 is 11.6 Å². The van der Waals surface area contributed by atoms with Gasteiger partial charge in [0.2, 0.25) is 0 Å². The fraction of sp³-hybridized carbons (Fsp3) is 0.143. The van der Waals surface area contributed by atoms with E-state index in [1.165, 1.54) is 19.2 Å². The molecule has 0 aliphatic heterocycles. The van der Waals surface area contributed by atoms with E-state index in [1.54, 1.807) is 37.3 Å². The molecule has 0 spiro atoms. The van der Waals surface area contributed by atoms with Gasteiger partial charge in [-0.1, -0.05) is 17.7 Å². The molecule has 0 unspecified atom stereocenters. The van der Waals surface area contributed by atoms with E-state index in [0.29, 0.717) is 22.0 Å². The van der Waals surface area contributed by atoms with Crippen molar-refractivity contribution in [3.63, 3.8) is 0 Å². The Labute approximate surface area is 123 Å². The molecule has 106 valence electrons. The topological polar surface area (TPSA) is 55.4 Å². The first-order valence-electron chi connectivity index (χ1n) is 5.86. The molecule has 0 heterocycles. The first-order chi connectivity index (χ1) is 9.44. The van der Waals surface area contributed by atoms with Gasteiger partial charge in [0.05, 0.1) is 17.7 Å². The summed E-state index contributed by atoms with van der Waals surface area (Å²) in [6.07, 6.45) is 0. The molecule has 1 N–H and O–H groups in total. The lowest BCUT2D eigenvalue weighted by Gasteiger charge is -2.11. The van der Waals surface area contributed by atoms with Crippen LogP contribution in [0.1, 0.15) is 5.56 Å². The summed E-state index contributed by atoms with van der Waals surface area (Å²) < 4.78 is 32.1. The average Bonchev–Trinajstić information content (AvgIpc) is 2.44. The van der Waals surface area contributed by atoms with Gasteiger partial charge in [-0.3, -0.25) is 4.72 Å². The first-order valence-corrected chi connectivity index (χ1v) is 7.72. The Balaban J connectivity index is 2.33. The van der Waals surface area contributed by atoms with E-state index in [4.69, 9.17) is 16.3 Å². The predicted octanol–water partition coefficient (Wildman–Crippen LogP) is 3.46. The third kappa shape index (κ3) is 3.05. The summed E-state index contributed by atoms with van der Waals surface area (Å²) in [5.74, 6) is 0.600. The Morgan fingerprint density at radius 2 is 1.75 bits per heavy atom. The Morgan fingerprint density at radius 3 is 2.35 bits per heavy atom. The third-order valence-corrected chi connectivity index (χ3v) is 4.67. The number of anilines is 1. The van der Waals surface area contributed by atoms with E-state index in [9.17, 15) is 8.42 Å². The molecule has 4 nitrogen and oxygen atoms in total. The maximum absolute atomic E-state index is 12.3. The van der Waals surface area contributed by atoms with Crippen LogP contribution in [-0.4, -0.2) is 15.5 Å². The van der Waals surface area contributed by atoms with E-state index in [2.05, 4.69) is 4.72 Å². The average molecular weight is 312 g/mol. The number of sulfonamides is 1. The quantitative estimate of drug-likeness (QED) is 0.940. The molecule has 0 saturated heterocycles. The van der Waals surface area contributed by atoms with Gasteiger partial charge in [0.1, 0.15) is 5.75 Å². The standard InChI is InChI=1S/C14H14ClNO3S/c1-10-13(15)4-3-5-14(10)16-20(17,18)12-8-6-11(19-2)7-9-12/h3-9,16H,1-2H3. The van der Waals surface area contributed by atoms with Crippen molar-refractivity contribution in [2.24, 2.45) is 0 Å². The lowest BCUT2D eigenvalue weighted by Crippen LogP contribution is -2.13. The smallest absolute Gasteiger partial charge is 0.261 e. The highest BCUT2D eigenvalue weighted by Crippen LogP contribution is 2.25. The van der Waals surface area contributed by atoms with Crippen LogP contribution in [0.4, 0.5) is 5.69 Å². The first kappa shape index (κ1) is 14.7. The molecule has 0 bridgehead atoms. The van der Waals surface area contributed by atoms with Crippen LogP contribution in [0, 0.1) is 6.92 Å². The molecule has 2 aromatic rings. The lowest BCUT2D eigenvalue weighted by atomic mass is 10.2. The van der Waals surface area contributed by atoms with Gasteiger partial charge < -0.3 is 4.74 Å². The molecule has 0 fully saturated rings. The van der Waals surface area contributed by atoms with Crippen LogP contribution in [0.5, 0.6) is 5.75 Å². The monoisotopic (exact) mass is 311 g/mol. The van der Waals surface area contributed by atoms with Crippen molar-refractivity contribution in [3.05, 3.63) is 53.1 Å². The summed E-state index contributed by atoms with van der Waals surface area (Å²) in [5.41, 5.74) is 1.15. The molecule has 0 radical (unpaired) electrons. The number of hydrogen-bond donors (Lipinski definition) is 1. The van der Waals surface area contributed by atoms with Crippen molar-refractivity contribution in [1.29, 1.82) is 0 Å². The highest BCUT2D eigenvalue weighted by Gasteiger charge is 2.15. The minimum Gasteiger partial charge on any atom is -0.497 e. The molecule has 0 amide bonds. The zero-order chi connectivity index (χ0) is 14.8. The maximum atomic E-state index is 12.3. The van der Waals surface area contributed by atoms with Crippen molar-refractivity contribution in [1.82, 2.24) is 0 Å². The van der Waals surface area contributed by atoms with Crippen LogP contribution < -0.4 is 9.46 Å². The minimum atomic E-state index is -3.64. The number of hydrogen-bond acceptors (Lipinski definition) is 3. The second-order valence-electron chi connectivity index (χ2n) is 4.19. The van der Waals surface area contributed by atoms with Crippen LogP contribution in [0.2, 0.25) is 5.02 Å². The maximum Gasteiger partial charge on any atom is 0.261 e. The molecule has 0 aliphatic carbocycles. The fourth-order valence-corrected chi connectivity index (χ4v) is 2.97. The van der Waals surface area contributed by atoms with Gasteiger partial charge >= 0.3 is 0 Å². The number of halogens is 1. The Morgan fingerprint density at radius 1 is 1.10 bits per heavy atom. The van der Waals surface area contributed by atoms with Crippen LogP contribution in [-0.2, 0) is 10.0 Å². The molecule has 2 aromatic carbocycles. The van der Waals surface area contributed by atoms with E-state index >= 15 is 0 Å². The van der Waals surface area contributed by atoms with Gasteiger partial charge in [-0.25, -0.2) is 8.42 Å². The molecule has 6 heteroatoms. The van der Waals surface area contributed by atoms with E-state index in [0.717, 1.165) is 0 Å². The van der Waals surface area contributed by atoms with Crippen molar-refractivity contribution < 1.29 is 13.2 Å². The van der Waals surface area contributed by atoms with E-state index in [-0.39, 0.29) is 4.90 Å². The predicted molar refractivity (Wildman–Crippen MR) is 80.0 cm³/mol. The van der Waals surface area contributed by atoms with Gasteiger partial charge in [-0.15, -0.1) is 0 Å². The molecule has 0 saturated carbocycles. The number of benzene rings is 2. The van der Waals surface area contributed by atoms with Crippen LogP contribution in [0.3, 0.4) is 0 Å². The number of methoxy groups -OCH3 is 1. The molecule has 0 aliphatic rings. The molecule has 20 heavy (non-hydrogen) atoms. The SMILES string of the molecule is COc1ccc(S(=O)(=O)Nc2cccc(Cl)c2C)cc1. The van der Waals surface area contributed by atoms with Gasteiger partial charge in [0.25, 0.3) is 10.0 Å². The second-order valence-corrected chi connectivity index (χ2v) is 6.28. The normalized spacial score (nSPS) is 11.2. The van der Waals surface area contributed by atoms with Gasteiger partial charge in [-0.05, 0) is 48.9 Å². The molecule has 0 atom stereocenters. The Kier molecular flexibility index (Phi) is 4.20. The zero-order valence-electron chi connectivity index (χ0n) is 11.1. The van der Waals surface area contributed by atoms with Crippen molar-refractivity contribution in [2.75, 3.05) is 11.8 Å². The highest BCUT2D eigenvalue weighted by molar-refractivity contribution is 7.92. The largest absolute Gasteiger partial charge is 0.497 e. The number of ether oxygens (including phenoxy) is 1. The molecule has 2 rings (SSSR count). The number of nitrogens with one attached hydrogen (secondary N) is 1. The summed E-state index contributed by atoms with van der Waals surface area (Å²) in [7, 11) is -2.12. The summed E-state index contributed by atoms with van der Waals surface area (Å²) in [4.78, 5) is 0.165. The van der Waals surface area contributed by atoms with E-state index < -0.39 is 10.0 Å². The Bertz CT molecular complexity index is 712. The second kappa shape index (κ2) is 5.73. The Hall–Kier alpha value is -1.72. The van der Waals surface area contributed by atoms with Crippen LogP contribution in [0.15, 0.2) is 47.4 Å². The summed E-state index contributed by atoms with van der Waals surface area (Å²) in [6.45, 7) is 1.76. The molecule has 0 aromatic heterocycles. The third-order valence-electron chi connectivity index (χ3n) is 2.88. The highest BCUT2D eigenvalue weighted by atomic mass is 35.5. The summed E-state index contributed by atoms with van der Waals surface area (Å²) in [5, 5.41) is 0.514. The molecular formula is C14H14ClNO3S. The lowest BCUT2D eigenvalue weighted by molar-refractivity contribution is 0.414. The fourth-order valence-electron chi connectivity index (χ4n) is 1.68. The van der Waals surface area contributed by atoms with Gasteiger partial charge in [-0.2, -0.15) is 0 Å².